The van der Waals surface area contributed by atoms with Crippen molar-refractivity contribution in [2.24, 2.45) is 7.05 Å². The van der Waals surface area contributed by atoms with Crippen molar-refractivity contribution in [2.45, 2.75) is 18.9 Å². The summed E-state index contributed by atoms with van der Waals surface area (Å²) in [5, 5.41) is 3.31. The van der Waals surface area contributed by atoms with E-state index in [1.807, 2.05) is 11.6 Å². The number of nitrogens with zero attached hydrogens (tertiary/aromatic N) is 2. The van der Waals surface area contributed by atoms with E-state index in [1.165, 1.54) is 6.42 Å². The second-order valence-corrected chi connectivity index (χ2v) is 3.43. The molecule has 0 aromatic carbocycles. The standard InChI is InChI=1S/C9H15N3O/c1-12-7-11-6-9(12)13-8-3-2-4-10-5-8/h6-8,10H,2-5H2,1H3. The summed E-state index contributed by atoms with van der Waals surface area (Å²) in [6, 6.07) is 0. The second-order valence-electron chi connectivity index (χ2n) is 3.43. The lowest BCUT2D eigenvalue weighted by atomic mass is 10.1. The molecule has 13 heavy (non-hydrogen) atoms. The quantitative estimate of drug-likeness (QED) is 0.724. The molecule has 0 radical (unpaired) electrons. The fraction of sp³-hybridized carbons (Fsp3) is 0.667. The van der Waals surface area contributed by atoms with Gasteiger partial charge in [-0.15, -0.1) is 0 Å². The number of ether oxygens (including phenoxy) is 1. The maximum atomic E-state index is 5.76. The van der Waals surface area contributed by atoms with Crippen LogP contribution in [0.3, 0.4) is 0 Å². The Bertz CT molecular complexity index is 266. The molecule has 4 nitrogen and oxygen atoms in total. The van der Waals surface area contributed by atoms with Gasteiger partial charge in [-0.1, -0.05) is 0 Å². The molecule has 1 aromatic heterocycles. The van der Waals surface area contributed by atoms with Crippen LogP contribution in [0.1, 0.15) is 12.8 Å². The minimum Gasteiger partial charge on any atom is -0.473 e. The van der Waals surface area contributed by atoms with Gasteiger partial charge in [0.25, 0.3) is 0 Å². The molecular weight excluding hydrogens is 166 g/mol. The van der Waals surface area contributed by atoms with Crippen LogP contribution in [0, 0.1) is 0 Å². The number of piperidine rings is 1. The highest BCUT2D eigenvalue weighted by Crippen LogP contribution is 2.13. The van der Waals surface area contributed by atoms with Crippen LogP contribution in [0.2, 0.25) is 0 Å². The predicted octanol–water partition coefficient (Wildman–Crippen LogP) is 0.551. The van der Waals surface area contributed by atoms with E-state index in [1.54, 1.807) is 12.5 Å². The lowest BCUT2D eigenvalue weighted by Crippen LogP contribution is -2.37. The fourth-order valence-corrected chi connectivity index (χ4v) is 1.55. The van der Waals surface area contributed by atoms with Gasteiger partial charge in [0.05, 0.1) is 12.5 Å². The first kappa shape index (κ1) is 8.56. The molecule has 1 aromatic rings. The number of aromatic nitrogens is 2. The Morgan fingerprint density at radius 3 is 3.23 bits per heavy atom. The van der Waals surface area contributed by atoms with E-state index < -0.39 is 0 Å². The van der Waals surface area contributed by atoms with Crippen molar-refractivity contribution in [2.75, 3.05) is 13.1 Å². The molecule has 72 valence electrons. The zero-order chi connectivity index (χ0) is 9.10. The average Bonchev–Trinajstić information content (AvgIpc) is 2.54. The first-order valence-corrected chi connectivity index (χ1v) is 4.70. The first-order chi connectivity index (χ1) is 6.36. The van der Waals surface area contributed by atoms with E-state index in [4.69, 9.17) is 4.74 Å². The number of aryl methyl sites for hydroxylation is 1. The van der Waals surface area contributed by atoms with Crippen molar-refractivity contribution in [3.8, 4) is 5.88 Å². The summed E-state index contributed by atoms with van der Waals surface area (Å²) in [5.74, 6) is 0.855. The number of rotatable bonds is 2. The van der Waals surface area contributed by atoms with Gasteiger partial charge in [0.2, 0.25) is 5.88 Å². The Kier molecular flexibility index (Phi) is 2.49. The third kappa shape index (κ3) is 2.01. The van der Waals surface area contributed by atoms with Crippen LogP contribution in [0.15, 0.2) is 12.5 Å². The van der Waals surface area contributed by atoms with Crippen LogP contribution in [-0.2, 0) is 7.05 Å². The van der Waals surface area contributed by atoms with E-state index in [0.717, 1.165) is 25.4 Å². The third-order valence-electron chi connectivity index (χ3n) is 2.31. The van der Waals surface area contributed by atoms with Gasteiger partial charge in [-0.2, -0.15) is 0 Å². The van der Waals surface area contributed by atoms with Gasteiger partial charge in [-0.05, 0) is 19.4 Å². The van der Waals surface area contributed by atoms with Gasteiger partial charge in [0.1, 0.15) is 6.10 Å². The summed E-state index contributed by atoms with van der Waals surface area (Å²) in [5.41, 5.74) is 0. The summed E-state index contributed by atoms with van der Waals surface area (Å²) in [7, 11) is 1.94. The molecule has 0 saturated carbocycles. The number of hydrogen-bond donors (Lipinski definition) is 1. The molecule has 0 amide bonds. The molecule has 1 atom stereocenters. The van der Waals surface area contributed by atoms with E-state index >= 15 is 0 Å². The zero-order valence-corrected chi connectivity index (χ0v) is 7.86. The molecule has 1 aliphatic rings. The number of imidazole rings is 1. The lowest BCUT2D eigenvalue weighted by Gasteiger charge is -2.23. The van der Waals surface area contributed by atoms with Crippen molar-refractivity contribution < 1.29 is 4.74 Å². The van der Waals surface area contributed by atoms with Gasteiger partial charge in [-0.25, -0.2) is 4.98 Å². The largest absolute Gasteiger partial charge is 0.473 e. The topological polar surface area (TPSA) is 39.1 Å². The molecule has 1 saturated heterocycles. The van der Waals surface area contributed by atoms with Crippen molar-refractivity contribution in [1.82, 2.24) is 14.9 Å². The third-order valence-corrected chi connectivity index (χ3v) is 2.31. The van der Waals surface area contributed by atoms with E-state index in [2.05, 4.69) is 10.3 Å². The van der Waals surface area contributed by atoms with E-state index in [0.29, 0.717) is 6.10 Å². The highest BCUT2D eigenvalue weighted by atomic mass is 16.5. The molecule has 1 fully saturated rings. The summed E-state index contributed by atoms with van der Waals surface area (Å²) in [6.07, 6.45) is 6.16. The van der Waals surface area contributed by atoms with Crippen molar-refractivity contribution in [3.05, 3.63) is 12.5 Å². The molecule has 2 rings (SSSR count). The molecule has 0 spiro atoms. The Labute approximate surface area is 77.9 Å². The maximum Gasteiger partial charge on any atom is 0.213 e. The number of hydrogen-bond acceptors (Lipinski definition) is 3. The molecule has 1 unspecified atom stereocenters. The number of nitrogens with one attached hydrogen (secondary N) is 1. The van der Waals surface area contributed by atoms with Crippen molar-refractivity contribution >= 4 is 0 Å². The van der Waals surface area contributed by atoms with Crippen LogP contribution < -0.4 is 10.1 Å². The minimum absolute atomic E-state index is 0.309. The second kappa shape index (κ2) is 3.79. The van der Waals surface area contributed by atoms with Gasteiger partial charge in [0.15, 0.2) is 0 Å². The average molecular weight is 181 g/mol. The molecule has 0 aliphatic carbocycles. The Balaban J connectivity index is 1.93. The minimum atomic E-state index is 0.309. The summed E-state index contributed by atoms with van der Waals surface area (Å²) < 4.78 is 7.66. The lowest BCUT2D eigenvalue weighted by molar-refractivity contribution is 0.155. The van der Waals surface area contributed by atoms with Gasteiger partial charge in [0, 0.05) is 13.6 Å². The van der Waals surface area contributed by atoms with Crippen LogP contribution >= 0.6 is 0 Å². The normalized spacial score (nSPS) is 23.0. The highest BCUT2D eigenvalue weighted by molar-refractivity contribution is 5.05. The predicted molar refractivity (Wildman–Crippen MR) is 49.7 cm³/mol. The Hall–Kier alpha value is -1.03. The van der Waals surface area contributed by atoms with Gasteiger partial charge >= 0.3 is 0 Å². The van der Waals surface area contributed by atoms with Crippen LogP contribution in [0.4, 0.5) is 0 Å². The molecular formula is C9H15N3O. The molecule has 2 heterocycles. The first-order valence-electron chi connectivity index (χ1n) is 4.70. The van der Waals surface area contributed by atoms with E-state index in [9.17, 15) is 0 Å². The van der Waals surface area contributed by atoms with Crippen molar-refractivity contribution in [1.29, 1.82) is 0 Å². The molecule has 1 N–H and O–H groups in total. The van der Waals surface area contributed by atoms with Crippen molar-refractivity contribution in [3.63, 3.8) is 0 Å². The van der Waals surface area contributed by atoms with Gasteiger partial charge < -0.3 is 14.6 Å². The molecule has 1 aliphatic heterocycles. The fourth-order valence-electron chi connectivity index (χ4n) is 1.55. The zero-order valence-electron chi connectivity index (χ0n) is 7.86. The Morgan fingerprint density at radius 1 is 1.69 bits per heavy atom. The Morgan fingerprint density at radius 2 is 2.62 bits per heavy atom. The SMILES string of the molecule is Cn1cncc1OC1CCCNC1. The summed E-state index contributed by atoms with van der Waals surface area (Å²) in [4.78, 5) is 4.00. The molecule has 0 bridgehead atoms. The van der Waals surface area contributed by atoms with Gasteiger partial charge in [-0.3, -0.25) is 0 Å². The summed E-state index contributed by atoms with van der Waals surface area (Å²) in [6.45, 7) is 2.07. The van der Waals surface area contributed by atoms with Crippen LogP contribution in [0.5, 0.6) is 5.88 Å². The van der Waals surface area contributed by atoms with Crippen LogP contribution in [-0.4, -0.2) is 28.7 Å². The summed E-state index contributed by atoms with van der Waals surface area (Å²) >= 11 is 0. The monoisotopic (exact) mass is 181 g/mol. The molecule has 4 heteroatoms. The smallest absolute Gasteiger partial charge is 0.213 e. The van der Waals surface area contributed by atoms with Crippen LogP contribution in [0.25, 0.3) is 0 Å². The maximum absolute atomic E-state index is 5.76. The van der Waals surface area contributed by atoms with E-state index in [-0.39, 0.29) is 0 Å². The highest BCUT2D eigenvalue weighted by Gasteiger charge is 2.15.